The number of fused-ring (bicyclic) bond motifs is 1. The van der Waals surface area contributed by atoms with E-state index in [1.807, 2.05) is 25.1 Å². The zero-order chi connectivity index (χ0) is 11.5. The number of benzene rings is 1. The first-order valence-electron chi connectivity index (χ1n) is 5.34. The van der Waals surface area contributed by atoms with Crippen LogP contribution in [0.4, 0.5) is 5.69 Å². The molecule has 1 aliphatic heterocycles. The summed E-state index contributed by atoms with van der Waals surface area (Å²) in [7, 11) is 1.63. The number of hydrogen-bond acceptors (Lipinski definition) is 4. The number of carbonyl (C=O) groups excluding carboxylic acids is 1. The summed E-state index contributed by atoms with van der Waals surface area (Å²) in [5.41, 5.74) is 2.08. The maximum Gasteiger partial charge on any atom is 0.328 e. The number of hydrogen-bond donors (Lipinski definition) is 1. The molecule has 4 heteroatoms. The van der Waals surface area contributed by atoms with Gasteiger partial charge in [0.2, 0.25) is 0 Å². The first-order chi connectivity index (χ1) is 7.74. The lowest BCUT2D eigenvalue weighted by Crippen LogP contribution is -2.28. The smallest absolute Gasteiger partial charge is 0.328 e. The van der Waals surface area contributed by atoms with Crippen molar-refractivity contribution in [3.63, 3.8) is 0 Å². The fourth-order valence-electron chi connectivity index (χ4n) is 1.85. The van der Waals surface area contributed by atoms with Crippen LogP contribution < -0.4 is 10.1 Å². The van der Waals surface area contributed by atoms with Gasteiger partial charge < -0.3 is 14.8 Å². The largest absolute Gasteiger partial charge is 0.497 e. The Hall–Kier alpha value is -1.71. The van der Waals surface area contributed by atoms with Gasteiger partial charge in [-0.3, -0.25) is 0 Å². The van der Waals surface area contributed by atoms with Crippen LogP contribution in [-0.2, 0) is 16.0 Å². The van der Waals surface area contributed by atoms with Gasteiger partial charge in [-0.05, 0) is 30.7 Å². The molecule has 1 aromatic rings. The SMILES string of the molecule is CCOC(=O)C1Cc2cc(OC)ccc2N1. The van der Waals surface area contributed by atoms with Crippen molar-refractivity contribution in [2.24, 2.45) is 0 Å². The van der Waals surface area contributed by atoms with Gasteiger partial charge in [-0.25, -0.2) is 4.79 Å². The van der Waals surface area contributed by atoms with E-state index in [9.17, 15) is 4.79 Å². The number of rotatable bonds is 3. The molecular weight excluding hydrogens is 206 g/mol. The van der Waals surface area contributed by atoms with E-state index in [4.69, 9.17) is 9.47 Å². The fraction of sp³-hybridized carbons (Fsp3) is 0.417. The second-order valence-corrected chi connectivity index (χ2v) is 3.68. The van der Waals surface area contributed by atoms with Gasteiger partial charge in [-0.15, -0.1) is 0 Å². The molecule has 0 saturated heterocycles. The van der Waals surface area contributed by atoms with E-state index < -0.39 is 0 Å². The van der Waals surface area contributed by atoms with Gasteiger partial charge >= 0.3 is 5.97 Å². The molecule has 86 valence electrons. The van der Waals surface area contributed by atoms with Gasteiger partial charge in [0.05, 0.1) is 13.7 Å². The van der Waals surface area contributed by atoms with Gasteiger partial charge in [0.1, 0.15) is 11.8 Å². The van der Waals surface area contributed by atoms with Crippen LogP contribution in [-0.4, -0.2) is 25.7 Å². The van der Waals surface area contributed by atoms with E-state index in [-0.39, 0.29) is 12.0 Å². The Morgan fingerprint density at radius 2 is 2.38 bits per heavy atom. The summed E-state index contributed by atoms with van der Waals surface area (Å²) in [6.45, 7) is 2.22. The molecule has 0 saturated carbocycles. The van der Waals surface area contributed by atoms with E-state index in [0.717, 1.165) is 17.0 Å². The fourth-order valence-corrected chi connectivity index (χ4v) is 1.85. The lowest BCUT2D eigenvalue weighted by molar-refractivity contribution is -0.143. The maximum atomic E-state index is 11.6. The third-order valence-electron chi connectivity index (χ3n) is 2.64. The van der Waals surface area contributed by atoms with Crippen LogP contribution in [0, 0.1) is 0 Å². The van der Waals surface area contributed by atoms with Gasteiger partial charge in [-0.2, -0.15) is 0 Å². The van der Waals surface area contributed by atoms with Crippen molar-refractivity contribution in [2.75, 3.05) is 19.0 Å². The highest BCUT2D eigenvalue weighted by Gasteiger charge is 2.27. The quantitative estimate of drug-likeness (QED) is 0.787. The summed E-state index contributed by atoms with van der Waals surface area (Å²) in [6, 6.07) is 5.48. The van der Waals surface area contributed by atoms with Crippen LogP contribution in [0.3, 0.4) is 0 Å². The van der Waals surface area contributed by atoms with Gasteiger partial charge in [0, 0.05) is 12.1 Å². The number of carbonyl (C=O) groups is 1. The van der Waals surface area contributed by atoms with E-state index in [2.05, 4.69) is 5.32 Å². The molecule has 1 atom stereocenters. The molecule has 0 radical (unpaired) electrons. The summed E-state index contributed by atoms with van der Waals surface area (Å²) in [5.74, 6) is 0.614. The highest BCUT2D eigenvalue weighted by molar-refractivity contribution is 5.83. The van der Waals surface area contributed by atoms with Crippen molar-refractivity contribution >= 4 is 11.7 Å². The summed E-state index contributed by atoms with van der Waals surface area (Å²) < 4.78 is 10.1. The number of nitrogens with one attached hydrogen (secondary N) is 1. The highest BCUT2D eigenvalue weighted by atomic mass is 16.5. The molecule has 0 amide bonds. The molecular formula is C12H15NO3. The minimum Gasteiger partial charge on any atom is -0.497 e. The minimum absolute atomic E-state index is 0.197. The van der Waals surface area contributed by atoms with Crippen LogP contribution in [0.2, 0.25) is 0 Å². The molecule has 0 bridgehead atoms. The van der Waals surface area contributed by atoms with Gasteiger partial charge in [0.15, 0.2) is 0 Å². The molecule has 1 N–H and O–H groups in total. The first-order valence-corrected chi connectivity index (χ1v) is 5.34. The Morgan fingerprint density at radius 3 is 3.06 bits per heavy atom. The average Bonchev–Trinajstić information content (AvgIpc) is 2.71. The molecule has 1 aromatic carbocycles. The summed E-state index contributed by atoms with van der Waals surface area (Å²) in [6.07, 6.45) is 0.658. The number of esters is 1. The molecule has 1 unspecified atom stereocenters. The van der Waals surface area contributed by atoms with Crippen LogP contribution in [0.15, 0.2) is 18.2 Å². The third kappa shape index (κ3) is 1.96. The summed E-state index contributed by atoms with van der Waals surface area (Å²) in [4.78, 5) is 11.6. The third-order valence-corrected chi connectivity index (χ3v) is 2.64. The number of methoxy groups -OCH3 is 1. The topological polar surface area (TPSA) is 47.6 Å². The van der Waals surface area contributed by atoms with Crippen molar-refractivity contribution < 1.29 is 14.3 Å². The predicted octanol–water partition coefficient (Wildman–Crippen LogP) is 1.59. The Kier molecular flexibility index (Phi) is 2.99. The Balaban J connectivity index is 2.11. The van der Waals surface area contributed by atoms with E-state index in [1.165, 1.54) is 0 Å². The second kappa shape index (κ2) is 4.43. The molecule has 2 rings (SSSR count). The van der Waals surface area contributed by atoms with Crippen LogP contribution in [0.1, 0.15) is 12.5 Å². The lowest BCUT2D eigenvalue weighted by Gasteiger charge is -2.09. The zero-order valence-electron chi connectivity index (χ0n) is 9.45. The van der Waals surface area contributed by atoms with Crippen LogP contribution in [0.25, 0.3) is 0 Å². The minimum atomic E-state index is -0.262. The molecule has 1 heterocycles. The Labute approximate surface area is 94.6 Å². The Morgan fingerprint density at radius 1 is 1.56 bits per heavy atom. The maximum absolute atomic E-state index is 11.6. The second-order valence-electron chi connectivity index (χ2n) is 3.68. The van der Waals surface area contributed by atoms with Crippen molar-refractivity contribution in [3.8, 4) is 5.75 Å². The Bertz CT molecular complexity index is 403. The molecule has 1 aliphatic rings. The summed E-state index contributed by atoms with van der Waals surface area (Å²) in [5, 5.41) is 3.14. The average molecular weight is 221 g/mol. The van der Waals surface area contributed by atoms with Crippen molar-refractivity contribution in [1.82, 2.24) is 0 Å². The van der Waals surface area contributed by atoms with E-state index in [0.29, 0.717) is 13.0 Å². The molecule has 0 aromatic heterocycles. The first kappa shape index (κ1) is 10.8. The lowest BCUT2D eigenvalue weighted by atomic mass is 10.1. The molecule has 0 fully saturated rings. The van der Waals surface area contributed by atoms with E-state index in [1.54, 1.807) is 7.11 Å². The number of anilines is 1. The summed E-state index contributed by atoms with van der Waals surface area (Å²) >= 11 is 0. The molecule has 0 aliphatic carbocycles. The zero-order valence-corrected chi connectivity index (χ0v) is 9.45. The van der Waals surface area contributed by atoms with Gasteiger partial charge in [-0.1, -0.05) is 0 Å². The van der Waals surface area contributed by atoms with Crippen LogP contribution in [0.5, 0.6) is 5.75 Å². The van der Waals surface area contributed by atoms with Crippen molar-refractivity contribution in [1.29, 1.82) is 0 Å². The standard InChI is InChI=1S/C12H15NO3/c1-3-16-12(14)11-7-8-6-9(15-2)4-5-10(8)13-11/h4-6,11,13H,3,7H2,1-2H3. The normalized spacial score (nSPS) is 17.5. The van der Waals surface area contributed by atoms with Crippen molar-refractivity contribution in [3.05, 3.63) is 23.8 Å². The molecule has 0 spiro atoms. The van der Waals surface area contributed by atoms with Crippen molar-refractivity contribution in [2.45, 2.75) is 19.4 Å². The molecule has 16 heavy (non-hydrogen) atoms. The van der Waals surface area contributed by atoms with Gasteiger partial charge in [0.25, 0.3) is 0 Å². The van der Waals surface area contributed by atoms with Crippen LogP contribution >= 0.6 is 0 Å². The molecule has 4 nitrogen and oxygen atoms in total. The predicted molar refractivity (Wildman–Crippen MR) is 60.7 cm³/mol. The highest BCUT2D eigenvalue weighted by Crippen LogP contribution is 2.29. The number of ether oxygens (including phenoxy) is 2. The van der Waals surface area contributed by atoms with E-state index >= 15 is 0 Å². The monoisotopic (exact) mass is 221 g/mol.